The van der Waals surface area contributed by atoms with Crippen LogP contribution in [0.4, 0.5) is 15.8 Å². The normalized spacial score (nSPS) is 13.3. The van der Waals surface area contributed by atoms with Crippen molar-refractivity contribution in [3.05, 3.63) is 42.0 Å². The number of nitrogens with one attached hydrogen (secondary N) is 2. The summed E-state index contributed by atoms with van der Waals surface area (Å²) < 4.78 is 14.4. The van der Waals surface area contributed by atoms with Gasteiger partial charge in [0.05, 0.1) is 11.4 Å². The van der Waals surface area contributed by atoms with Gasteiger partial charge in [-0.3, -0.25) is 9.78 Å². The largest absolute Gasteiger partial charge is 0.382 e. The number of rotatable bonds is 2. The lowest BCUT2D eigenvalue weighted by atomic mass is 10.0. The van der Waals surface area contributed by atoms with Gasteiger partial charge >= 0.3 is 0 Å². The molecule has 0 bridgehead atoms. The number of hydrogen-bond acceptors (Lipinski definition) is 4. The van der Waals surface area contributed by atoms with Crippen LogP contribution < -0.4 is 15.5 Å². The van der Waals surface area contributed by atoms with Crippen LogP contribution in [0.2, 0.25) is 0 Å². The van der Waals surface area contributed by atoms with E-state index in [2.05, 4.69) is 20.5 Å². The Bertz CT molecular complexity index is 715. The first-order valence-electron chi connectivity index (χ1n) is 7.07. The molecule has 0 radical (unpaired) electrons. The van der Waals surface area contributed by atoms with Crippen LogP contribution in [0.1, 0.15) is 10.5 Å². The van der Waals surface area contributed by atoms with Crippen molar-refractivity contribution in [1.29, 1.82) is 0 Å². The Labute approximate surface area is 128 Å². The van der Waals surface area contributed by atoms with E-state index in [1.807, 2.05) is 13.1 Å². The van der Waals surface area contributed by atoms with Crippen LogP contribution in [0.3, 0.4) is 0 Å². The van der Waals surface area contributed by atoms with Gasteiger partial charge < -0.3 is 15.5 Å². The summed E-state index contributed by atoms with van der Waals surface area (Å²) in [5, 5.41) is 5.70. The lowest BCUT2D eigenvalue weighted by molar-refractivity contribution is 0.0958. The maximum Gasteiger partial charge on any atom is 0.269 e. The molecule has 0 aliphatic carbocycles. The fourth-order valence-corrected chi connectivity index (χ4v) is 2.53. The van der Waals surface area contributed by atoms with Gasteiger partial charge in [-0.1, -0.05) is 6.07 Å². The summed E-state index contributed by atoms with van der Waals surface area (Å²) in [7, 11) is 3.53. The Morgan fingerprint density at radius 1 is 1.41 bits per heavy atom. The Morgan fingerprint density at radius 3 is 2.91 bits per heavy atom. The fourth-order valence-electron chi connectivity index (χ4n) is 2.53. The predicted molar refractivity (Wildman–Crippen MR) is 84.8 cm³/mol. The molecule has 1 aromatic carbocycles. The van der Waals surface area contributed by atoms with Crippen molar-refractivity contribution >= 4 is 17.3 Å². The van der Waals surface area contributed by atoms with E-state index in [-0.39, 0.29) is 11.7 Å². The van der Waals surface area contributed by atoms with E-state index in [4.69, 9.17) is 0 Å². The van der Waals surface area contributed by atoms with E-state index in [9.17, 15) is 9.18 Å². The summed E-state index contributed by atoms with van der Waals surface area (Å²) in [6.45, 7) is 1.66. The van der Waals surface area contributed by atoms with Gasteiger partial charge in [-0.15, -0.1) is 0 Å². The number of halogens is 1. The molecule has 3 rings (SSSR count). The molecule has 2 N–H and O–H groups in total. The summed E-state index contributed by atoms with van der Waals surface area (Å²) in [5.74, 6) is -0.572. The highest BCUT2D eigenvalue weighted by molar-refractivity contribution is 5.92. The molecular weight excluding hydrogens is 283 g/mol. The molecular formula is C16H17FN4O. The average molecular weight is 300 g/mol. The third-order valence-electron chi connectivity index (χ3n) is 3.79. The van der Waals surface area contributed by atoms with E-state index < -0.39 is 0 Å². The van der Waals surface area contributed by atoms with Gasteiger partial charge in [0.25, 0.3) is 5.91 Å². The quantitative estimate of drug-likeness (QED) is 0.892. The first-order valence-corrected chi connectivity index (χ1v) is 7.07. The number of likely N-dealkylation sites (N-methyl/N-ethyl adjacent to an activating group) is 1. The maximum atomic E-state index is 14.4. The number of amides is 1. The molecule has 5 nitrogen and oxygen atoms in total. The second-order valence-electron chi connectivity index (χ2n) is 5.21. The highest BCUT2D eigenvalue weighted by atomic mass is 19.1. The predicted octanol–water partition coefficient (Wildman–Crippen LogP) is 2.11. The number of benzene rings is 1. The van der Waals surface area contributed by atoms with Gasteiger partial charge in [-0.2, -0.15) is 0 Å². The van der Waals surface area contributed by atoms with Crippen LogP contribution in [0.25, 0.3) is 11.1 Å². The molecule has 1 aliphatic rings. The second kappa shape index (κ2) is 5.63. The number of aromatic nitrogens is 1. The van der Waals surface area contributed by atoms with Gasteiger partial charge in [0.1, 0.15) is 11.5 Å². The first kappa shape index (κ1) is 14.3. The van der Waals surface area contributed by atoms with Crippen molar-refractivity contribution < 1.29 is 9.18 Å². The number of pyridine rings is 1. The van der Waals surface area contributed by atoms with Crippen LogP contribution in [0, 0.1) is 5.82 Å². The maximum absolute atomic E-state index is 14.4. The van der Waals surface area contributed by atoms with Crippen LogP contribution in [0.5, 0.6) is 0 Å². The zero-order chi connectivity index (χ0) is 15.7. The zero-order valence-corrected chi connectivity index (χ0v) is 12.5. The molecule has 1 aromatic heterocycles. The number of carbonyl (C=O) groups excluding carboxylic acids is 1. The highest BCUT2D eigenvalue weighted by Crippen LogP contribution is 2.35. The molecule has 1 amide bonds. The first-order chi connectivity index (χ1) is 10.6. The smallest absolute Gasteiger partial charge is 0.269 e. The SMILES string of the molecule is CNC(=O)c1ccc(-c2cc3c(cc2F)NCCN3C)cn1. The second-order valence-corrected chi connectivity index (χ2v) is 5.21. The van der Waals surface area contributed by atoms with Crippen molar-refractivity contribution in [3.8, 4) is 11.1 Å². The molecule has 0 atom stereocenters. The van der Waals surface area contributed by atoms with E-state index in [1.54, 1.807) is 19.2 Å². The molecule has 0 saturated heterocycles. The minimum absolute atomic E-state index is 0.263. The van der Waals surface area contributed by atoms with Crippen LogP contribution in [0.15, 0.2) is 30.5 Å². The Hall–Kier alpha value is -2.63. The van der Waals surface area contributed by atoms with Gasteiger partial charge in [0.15, 0.2) is 0 Å². The van der Waals surface area contributed by atoms with Crippen molar-refractivity contribution in [2.24, 2.45) is 0 Å². The molecule has 22 heavy (non-hydrogen) atoms. The Morgan fingerprint density at radius 2 is 2.23 bits per heavy atom. The summed E-state index contributed by atoms with van der Waals surface area (Å²) in [4.78, 5) is 17.7. The molecule has 6 heteroatoms. The lowest BCUT2D eigenvalue weighted by Gasteiger charge is -2.29. The van der Waals surface area contributed by atoms with Crippen molar-refractivity contribution in [3.63, 3.8) is 0 Å². The van der Waals surface area contributed by atoms with E-state index in [0.717, 1.165) is 24.5 Å². The molecule has 2 aromatic rings. The van der Waals surface area contributed by atoms with Crippen molar-refractivity contribution in [2.45, 2.75) is 0 Å². The number of nitrogens with zero attached hydrogens (tertiary/aromatic N) is 2. The van der Waals surface area contributed by atoms with E-state index >= 15 is 0 Å². The summed E-state index contributed by atoms with van der Waals surface area (Å²) >= 11 is 0. The lowest BCUT2D eigenvalue weighted by Crippen LogP contribution is -2.30. The van der Waals surface area contributed by atoms with E-state index in [0.29, 0.717) is 16.8 Å². The minimum atomic E-state index is -0.309. The number of carbonyl (C=O) groups is 1. The molecule has 0 unspecified atom stereocenters. The highest BCUT2D eigenvalue weighted by Gasteiger charge is 2.18. The molecule has 0 fully saturated rings. The molecule has 1 aliphatic heterocycles. The summed E-state index contributed by atoms with van der Waals surface area (Å²) in [5.41, 5.74) is 3.18. The monoisotopic (exact) mass is 300 g/mol. The molecule has 0 saturated carbocycles. The Kier molecular flexibility index (Phi) is 3.66. The average Bonchev–Trinajstić information content (AvgIpc) is 2.54. The summed E-state index contributed by atoms with van der Waals surface area (Å²) in [6, 6.07) is 6.62. The van der Waals surface area contributed by atoms with Crippen LogP contribution in [-0.4, -0.2) is 38.1 Å². The van der Waals surface area contributed by atoms with Gasteiger partial charge in [0, 0.05) is 44.5 Å². The summed E-state index contributed by atoms with van der Waals surface area (Å²) in [6.07, 6.45) is 1.52. The standard InChI is InChI=1S/C16H17FN4O/c1-18-16(22)13-4-3-10(9-20-13)11-7-15-14(8-12(11)17)19-5-6-21(15)2/h3-4,7-9,19H,5-6H2,1-2H3,(H,18,22). The van der Waals surface area contributed by atoms with Crippen molar-refractivity contribution in [2.75, 3.05) is 37.4 Å². The third kappa shape index (κ3) is 2.47. The molecule has 2 heterocycles. The third-order valence-corrected chi connectivity index (χ3v) is 3.79. The number of hydrogen-bond donors (Lipinski definition) is 2. The Balaban J connectivity index is 2.01. The number of fused-ring (bicyclic) bond motifs is 1. The minimum Gasteiger partial charge on any atom is -0.382 e. The number of anilines is 2. The van der Waals surface area contributed by atoms with E-state index in [1.165, 1.54) is 12.3 Å². The van der Waals surface area contributed by atoms with Gasteiger partial charge in [0.2, 0.25) is 0 Å². The molecule has 114 valence electrons. The van der Waals surface area contributed by atoms with Crippen LogP contribution >= 0.6 is 0 Å². The van der Waals surface area contributed by atoms with Crippen molar-refractivity contribution in [1.82, 2.24) is 10.3 Å². The fraction of sp³-hybridized carbons (Fsp3) is 0.250. The van der Waals surface area contributed by atoms with Crippen LogP contribution in [-0.2, 0) is 0 Å². The van der Waals surface area contributed by atoms with Gasteiger partial charge in [-0.05, 0) is 18.2 Å². The van der Waals surface area contributed by atoms with Gasteiger partial charge in [-0.25, -0.2) is 4.39 Å². The molecule has 0 spiro atoms. The topological polar surface area (TPSA) is 57.3 Å². The zero-order valence-electron chi connectivity index (χ0n) is 12.5.